The minimum absolute atomic E-state index is 0.0630. The highest BCUT2D eigenvalue weighted by molar-refractivity contribution is 6.30. The van der Waals surface area contributed by atoms with Crippen LogP contribution in [-0.4, -0.2) is 34.6 Å². The van der Waals surface area contributed by atoms with Gasteiger partial charge in [0, 0.05) is 11.1 Å². The number of ether oxygens (including phenoxy) is 2. The monoisotopic (exact) mass is 443 g/mol. The second-order valence-corrected chi connectivity index (χ2v) is 7.04. The summed E-state index contributed by atoms with van der Waals surface area (Å²) in [7, 11) is 3.10. The number of nitrogens with one attached hydrogen (secondary N) is 1. The van der Waals surface area contributed by atoms with E-state index >= 15 is 0 Å². The van der Waals surface area contributed by atoms with Gasteiger partial charge < -0.3 is 14.6 Å². The molecule has 3 aromatic rings. The molecule has 1 aromatic heterocycles. The number of rotatable bonds is 7. The molecular weight excluding hydrogens is 422 g/mol. The molecule has 1 heterocycles. The van der Waals surface area contributed by atoms with Crippen LogP contribution in [0.1, 0.15) is 24.5 Å². The molecule has 0 unspecified atom stereocenters. The first-order valence-corrected chi connectivity index (χ1v) is 9.85. The van der Waals surface area contributed by atoms with Gasteiger partial charge in [-0.3, -0.25) is 14.8 Å². The molecule has 0 bridgehead atoms. The minimum Gasteiger partial charge on any atom is -0.497 e. The summed E-state index contributed by atoms with van der Waals surface area (Å²) in [4.78, 5) is 31.7. The predicted octanol–water partition coefficient (Wildman–Crippen LogP) is 3.30. The van der Waals surface area contributed by atoms with E-state index in [0.717, 1.165) is 10.1 Å². The van der Waals surface area contributed by atoms with Crippen molar-refractivity contribution in [2.45, 2.75) is 19.9 Å². The zero-order chi connectivity index (χ0) is 22.5. The van der Waals surface area contributed by atoms with Gasteiger partial charge in [-0.15, -0.1) is 0 Å². The Morgan fingerprint density at radius 2 is 1.71 bits per heavy atom. The number of nitrogens with zero attached hydrogens (tertiary/aromatic N) is 2. The topological polar surface area (TPSA) is 106 Å². The van der Waals surface area contributed by atoms with Crippen molar-refractivity contribution >= 4 is 17.3 Å². The van der Waals surface area contributed by atoms with Crippen LogP contribution in [0.25, 0.3) is 5.69 Å². The summed E-state index contributed by atoms with van der Waals surface area (Å²) < 4.78 is 11.5. The number of hydrogen-bond acceptors (Lipinski definition) is 6. The quantitative estimate of drug-likeness (QED) is 0.545. The van der Waals surface area contributed by atoms with Crippen LogP contribution < -0.4 is 20.7 Å². The Kier molecular flexibility index (Phi) is 6.81. The van der Waals surface area contributed by atoms with Crippen molar-refractivity contribution in [1.82, 2.24) is 9.55 Å². The molecule has 0 saturated heterocycles. The predicted molar refractivity (Wildman–Crippen MR) is 119 cm³/mol. The molecular formula is C22H22ClN3O5. The lowest BCUT2D eigenvalue weighted by Crippen LogP contribution is -2.33. The molecule has 0 aliphatic heterocycles. The number of aromatic nitrogens is 2. The molecule has 0 atom stereocenters. The van der Waals surface area contributed by atoms with E-state index in [9.17, 15) is 14.7 Å². The zero-order valence-corrected chi connectivity index (χ0v) is 18.1. The van der Waals surface area contributed by atoms with Gasteiger partial charge in [0.2, 0.25) is 5.88 Å². The molecule has 9 heteroatoms. The van der Waals surface area contributed by atoms with Crippen molar-refractivity contribution in [1.29, 1.82) is 0 Å². The van der Waals surface area contributed by atoms with Crippen molar-refractivity contribution in [2.24, 2.45) is 4.99 Å². The fraction of sp³-hybridized carbons (Fsp3) is 0.227. The van der Waals surface area contributed by atoms with Gasteiger partial charge >= 0.3 is 5.69 Å². The van der Waals surface area contributed by atoms with E-state index in [-0.39, 0.29) is 12.1 Å². The van der Waals surface area contributed by atoms with E-state index in [0.29, 0.717) is 34.3 Å². The number of aromatic hydroxyl groups is 1. The van der Waals surface area contributed by atoms with Gasteiger partial charge in [0.1, 0.15) is 17.1 Å². The Balaban J connectivity index is 2.08. The average molecular weight is 444 g/mol. The van der Waals surface area contributed by atoms with Crippen molar-refractivity contribution in [3.8, 4) is 23.1 Å². The third-order valence-electron chi connectivity index (χ3n) is 4.66. The standard InChI is InChI=1S/C22H22ClN3O5/c1-4-18(24-12-13-9-16(30-2)11-17(10-13)31-3)19-20(27)25-22(29)26(21(19)28)15-7-5-14(23)6-8-15/h5-11,28H,4,12H2,1-3H3,(H,25,27,29). The van der Waals surface area contributed by atoms with E-state index in [1.165, 1.54) is 0 Å². The smallest absolute Gasteiger partial charge is 0.335 e. The first-order valence-electron chi connectivity index (χ1n) is 9.47. The van der Waals surface area contributed by atoms with Crippen molar-refractivity contribution in [3.05, 3.63) is 79.5 Å². The first kappa shape index (κ1) is 22.2. The Labute approximate surface area is 183 Å². The Morgan fingerprint density at radius 3 is 2.26 bits per heavy atom. The lowest BCUT2D eigenvalue weighted by molar-refractivity contribution is 0.393. The van der Waals surface area contributed by atoms with Gasteiger partial charge in [0.05, 0.1) is 32.2 Å². The molecule has 2 aromatic carbocycles. The van der Waals surface area contributed by atoms with Crippen LogP contribution in [0.5, 0.6) is 17.4 Å². The van der Waals surface area contributed by atoms with Gasteiger partial charge in [-0.1, -0.05) is 18.5 Å². The van der Waals surface area contributed by atoms with Gasteiger partial charge in [-0.25, -0.2) is 9.36 Å². The normalized spacial score (nSPS) is 11.4. The number of benzene rings is 2. The van der Waals surface area contributed by atoms with Crippen LogP contribution in [0.4, 0.5) is 0 Å². The summed E-state index contributed by atoms with van der Waals surface area (Å²) in [5.41, 5.74) is -0.0327. The number of aliphatic imine (C=N–C) groups is 1. The molecule has 0 radical (unpaired) electrons. The van der Waals surface area contributed by atoms with Crippen LogP contribution in [0.15, 0.2) is 57.0 Å². The second kappa shape index (κ2) is 9.53. The van der Waals surface area contributed by atoms with Gasteiger partial charge in [0.25, 0.3) is 5.56 Å². The highest BCUT2D eigenvalue weighted by Gasteiger charge is 2.19. The summed E-state index contributed by atoms with van der Waals surface area (Å²) in [6, 6.07) is 11.6. The van der Waals surface area contributed by atoms with Crippen LogP contribution in [0.2, 0.25) is 5.02 Å². The summed E-state index contributed by atoms with van der Waals surface area (Å²) in [6.07, 6.45) is 0.358. The zero-order valence-electron chi connectivity index (χ0n) is 17.3. The third kappa shape index (κ3) is 4.80. The van der Waals surface area contributed by atoms with E-state index in [2.05, 4.69) is 9.98 Å². The molecule has 0 aliphatic carbocycles. The number of halogens is 1. The molecule has 0 aliphatic rings. The Bertz CT molecular complexity index is 1210. The molecule has 2 N–H and O–H groups in total. The van der Waals surface area contributed by atoms with Crippen molar-refractivity contribution in [3.63, 3.8) is 0 Å². The van der Waals surface area contributed by atoms with Crippen LogP contribution >= 0.6 is 11.6 Å². The highest BCUT2D eigenvalue weighted by Crippen LogP contribution is 2.24. The summed E-state index contributed by atoms with van der Waals surface area (Å²) >= 11 is 5.91. The number of hydrogen-bond donors (Lipinski definition) is 2. The van der Waals surface area contributed by atoms with Crippen LogP contribution in [0, 0.1) is 0 Å². The van der Waals surface area contributed by atoms with Gasteiger partial charge in [-0.05, 0) is 48.4 Å². The maximum absolute atomic E-state index is 12.5. The Hall–Kier alpha value is -3.52. The van der Waals surface area contributed by atoms with E-state index in [4.69, 9.17) is 21.1 Å². The average Bonchev–Trinajstić information content (AvgIpc) is 2.76. The summed E-state index contributed by atoms with van der Waals surface area (Å²) in [6.45, 7) is 2.03. The van der Waals surface area contributed by atoms with Gasteiger partial charge in [-0.2, -0.15) is 0 Å². The highest BCUT2D eigenvalue weighted by atomic mass is 35.5. The molecule has 8 nitrogen and oxygen atoms in total. The number of methoxy groups -OCH3 is 2. The molecule has 162 valence electrons. The summed E-state index contributed by atoms with van der Waals surface area (Å²) in [5, 5.41) is 11.3. The van der Waals surface area contributed by atoms with Crippen molar-refractivity contribution in [2.75, 3.05) is 14.2 Å². The van der Waals surface area contributed by atoms with Gasteiger partial charge in [0.15, 0.2) is 0 Å². The molecule has 0 amide bonds. The SMILES string of the molecule is CCC(=NCc1cc(OC)cc(OC)c1)c1c(O)n(-c2ccc(Cl)cc2)c(=O)[nH]c1=O. The lowest BCUT2D eigenvalue weighted by atomic mass is 10.1. The molecule has 31 heavy (non-hydrogen) atoms. The molecule has 3 rings (SSSR count). The van der Waals surface area contributed by atoms with E-state index in [1.807, 2.05) is 6.92 Å². The Morgan fingerprint density at radius 1 is 1.10 bits per heavy atom. The third-order valence-corrected chi connectivity index (χ3v) is 4.91. The molecule has 0 spiro atoms. The van der Waals surface area contributed by atoms with E-state index < -0.39 is 17.1 Å². The van der Waals surface area contributed by atoms with Crippen molar-refractivity contribution < 1.29 is 14.6 Å². The largest absolute Gasteiger partial charge is 0.497 e. The molecule has 0 fully saturated rings. The van der Waals surface area contributed by atoms with E-state index in [1.54, 1.807) is 56.7 Å². The van der Waals surface area contributed by atoms with Crippen LogP contribution in [-0.2, 0) is 6.54 Å². The summed E-state index contributed by atoms with van der Waals surface area (Å²) in [5.74, 6) is 0.735. The first-order chi connectivity index (χ1) is 14.9. The maximum Gasteiger partial charge on any atom is 0.335 e. The number of aromatic amines is 1. The van der Waals surface area contributed by atoms with Crippen LogP contribution in [0.3, 0.4) is 0 Å². The lowest BCUT2D eigenvalue weighted by Gasteiger charge is -2.13. The number of H-pyrrole nitrogens is 1. The fourth-order valence-electron chi connectivity index (χ4n) is 3.13. The fourth-order valence-corrected chi connectivity index (χ4v) is 3.25. The maximum atomic E-state index is 12.5. The second-order valence-electron chi connectivity index (χ2n) is 6.61. The molecule has 0 saturated carbocycles. The minimum atomic E-state index is -0.762.